The van der Waals surface area contributed by atoms with Gasteiger partial charge >= 0.3 is 0 Å². The van der Waals surface area contributed by atoms with Crippen LogP contribution in [0.4, 0.5) is 4.39 Å². The van der Waals surface area contributed by atoms with Crippen LogP contribution in [0.5, 0.6) is 5.75 Å². The first-order valence-corrected chi connectivity index (χ1v) is 10.1. The normalized spacial score (nSPS) is 15.9. The number of hydrogen-bond donors (Lipinski definition) is 1. The molecule has 3 aromatic carbocycles. The summed E-state index contributed by atoms with van der Waals surface area (Å²) in [5.41, 5.74) is 6.32. The van der Waals surface area contributed by atoms with Gasteiger partial charge in [0.1, 0.15) is 28.6 Å². The summed E-state index contributed by atoms with van der Waals surface area (Å²) >= 11 is 5.26. The molecule has 0 amide bonds. The Bertz CT molecular complexity index is 964. The summed E-state index contributed by atoms with van der Waals surface area (Å²) in [5.74, 6) is 0.498. The lowest BCUT2D eigenvalue weighted by Crippen LogP contribution is -2.06. The molecule has 1 aliphatic rings. The topological polar surface area (TPSA) is 33.6 Å². The molecule has 6 heteroatoms. The SMILES string of the molecule is Fc1ccc(COc2ccc([C@@H]3NN=C(c4ccccc4)S3)cc2Br)cc1. The van der Waals surface area contributed by atoms with Gasteiger partial charge in [0.25, 0.3) is 0 Å². The summed E-state index contributed by atoms with van der Waals surface area (Å²) in [6, 6.07) is 22.4. The molecule has 1 atom stereocenters. The van der Waals surface area contributed by atoms with Crippen molar-refractivity contribution in [2.75, 3.05) is 0 Å². The maximum absolute atomic E-state index is 13.0. The van der Waals surface area contributed by atoms with Crippen LogP contribution in [0.1, 0.15) is 22.1 Å². The molecule has 1 N–H and O–H groups in total. The van der Waals surface area contributed by atoms with Crippen LogP contribution in [-0.2, 0) is 6.61 Å². The highest BCUT2D eigenvalue weighted by molar-refractivity contribution is 9.10. The molecule has 4 rings (SSSR count). The molecule has 0 aromatic heterocycles. The molecule has 0 aliphatic carbocycles. The Morgan fingerprint density at radius 3 is 2.56 bits per heavy atom. The van der Waals surface area contributed by atoms with E-state index in [-0.39, 0.29) is 11.2 Å². The van der Waals surface area contributed by atoms with Crippen LogP contribution in [0.25, 0.3) is 0 Å². The predicted molar refractivity (Wildman–Crippen MR) is 111 cm³/mol. The van der Waals surface area contributed by atoms with Gasteiger partial charge in [0.15, 0.2) is 0 Å². The van der Waals surface area contributed by atoms with E-state index in [0.717, 1.165) is 32.0 Å². The van der Waals surface area contributed by atoms with Gasteiger partial charge in [0.2, 0.25) is 0 Å². The molecule has 136 valence electrons. The highest BCUT2D eigenvalue weighted by Gasteiger charge is 2.22. The minimum atomic E-state index is -0.247. The van der Waals surface area contributed by atoms with Crippen LogP contribution >= 0.6 is 27.7 Å². The van der Waals surface area contributed by atoms with E-state index >= 15 is 0 Å². The number of benzene rings is 3. The Labute approximate surface area is 169 Å². The average molecular weight is 443 g/mol. The number of hydrogen-bond acceptors (Lipinski definition) is 4. The summed E-state index contributed by atoms with van der Waals surface area (Å²) in [6.07, 6.45) is 0. The lowest BCUT2D eigenvalue weighted by Gasteiger charge is -2.13. The summed E-state index contributed by atoms with van der Waals surface area (Å²) in [5, 5.41) is 5.49. The summed E-state index contributed by atoms with van der Waals surface area (Å²) in [4.78, 5) is 0. The third-order valence-corrected chi connectivity index (χ3v) is 5.88. The second-order valence-electron chi connectivity index (χ2n) is 6.01. The van der Waals surface area contributed by atoms with Crippen molar-refractivity contribution in [2.24, 2.45) is 5.10 Å². The first kappa shape index (κ1) is 18.1. The molecular weight excluding hydrogens is 427 g/mol. The maximum Gasteiger partial charge on any atom is 0.134 e. The lowest BCUT2D eigenvalue weighted by molar-refractivity contribution is 0.304. The van der Waals surface area contributed by atoms with Crippen molar-refractivity contribution in [3.63, 3.8) is 0 Å². The molecular formula is C21H16BrFN2OS. The molecule has 0 spiro atoms. The molecule has 3 aromatic rings. The third kappa shape index (κ3) is 4.34. The van der Waals surface area contributed by atoms with Crippen LogP contribution in [-0.4, -0.2) is 5.04 Å². The van der Waals surface area contributed by atoms with Crippen LogP contribution in [0.2, 0.25) is 0 Å². The van der Waals surface area contributed by atoms with Crippen molar-refractivity contribution < 1.29 is 9.13 Å². The summed E-state index contributed by atoms with van der Waals surface area (Å²) in [6.45, 7) is 0.385. The van der Waals surface area contributed by atoms with Gasteiger partial charge in [-0.2, -0.15) is 5.10 Å². The zero-order chi connectivity index (χ0) is 18.6. The van der Waals surface area contributed by atoms with Crippen molar-refractivity contribution in [2.45, 2.75) is 12.0 Å². The predicted octanol–water partition coefficient (Wildman–Crippen LogP) is 5.86. The van der Waals surface area contributed by atoms with E-state index < -0.39 is 0 Å². The fourth-order valence-corrected chi connectivity index (χ4v) is 4.18. The Morgan fingerprint density at radius 1 is 1.04 bits per heavy atom. The van der Waals surface area contributed by atoms with Gasteiger partial charge in [-0.1, -0.05) is 60.3 Å². The quantitative estimate of drug-likeness (QED) is 0.536. The smallest absolute Gasteiger partial charge is 0.134 e. The zero-order valence-electron chi connectivity index (χ0n) is 14.2. The molecule has 1 aliphatic heterocycles. The number of thioether (sulfide) groups is 1. The Balaban J connectivity index is 1.41. The van der Waals surface area contributed by atoms with Crippen molar-refractivity contribution >= 4 is 32.7 Å². The van der Waals surface area contributed by atoms with Crippen molar-refractivity contribution in [1.82, 2.24) is 5.43 Å². The average Bonchev–Trinajstić information content (AvgIpc) is 3.19. The van der Waals surface area contributed by atoms with E-state index in [1.54, 1.807) is 23.9 Å². The van der Waals surface area contributed by atoms with Gasteiger partial charge in [-0.05, 0) is 51.3 Å². The minimum absolute atomic E-state index is 0.0580. The summed E-state index contributed by atoms with van der Waals surface area (Å²) < 4.78 is 19.7. The largest absolute Gasteiger partial charge is 0.488 e. The number of ether oxygens (including phenoxy) is 1. The molecule has 3 nitrogen and oxygen atoms in total. The minimum Gasteiger partial charge on any atom is -0.488 e. The van der Waals surface area contributed by atoms with Crippen LogP contribution in [0, 0.1) is 5.82 Å². The van der Waals surface area contributed by atoms with Crippen LogP contribution in [0.15, 0.2) is 82.4 Å². The van der Waals surface area contributed by atoms with Crippen molar-refractivity contribution in [3.05, 3.63) is 99.8 Å². The van der Waals surface area contributed by atoms with E-state index in [4.69, 9.17) is 4.74 Å². The lowest BCUT2D eigenvalue weighted by atomic mass is 10.2. The van der Waals surface area contributed by atoms with Gasteiger partial charge in [0.05, 0.1) is 4.47 Å². The Morgan fingerprint density at radius 2 is 1.81 bits per heavy atom. The van der Waals surface area contributed by atoms with Gasteiger partial charge in [0, 0.05) is 5.56 Å². The van der Waals surface area contributed by atoms with E-state index in [1.165, 1.54) is 12.1 Å². The number of rotatable bonds is 5. The van der Waals surface area contributed by atoms with Gasteiger partial charge < -0.3 is 4.74 Å². The van der Waals surface area contributed by atoms with E-state index in [2.05, 4.69) is 38.6 Å². The second kappa shape index (κ2) is 8.15. The van der Waals surface area contributed by atoms with Crippen molar-refractivity contribution in [1.29, 1.82) is 0 Å². The number of halogens is 2. The van der Waals surface area contributed by atoms with Crippen LogP contribution < -0.4 is 10.2 Å². The molecule has 0 bridgehead atoms. The second-order valence-corrected chi connectivity index (χ2v) is 7.96. The fourth-order valence-electron chi connectivity index (χ4n) is 2.68. The first-order valence-electron chi connectivity index (χ1n) is 8.41. The van der Waals surface area contributed by atoms with Gasteiger partial charge in [-0.3, -0.25) is 5.43 Å². The molecule has 0 radical (unpaired) electrons. The number of nitrogens with zero attached hydrogens (tertiary/aromatic N) is 1. The van der Waals surface area contributed by atoms with Gasteiger partial charge in [-0.15, -0.1) is 0 Å². The first-order chi connectivity index (χ1) is 13.2. The van der Waals surface area contributed by atoms with Gasteiger partial charge in [-0.25, -0.2) is 4.39 Å². The van der Waals surface area contributed by atoms with E-state index in [9.17, 15) is 4.39 Å². The van der Waals surface area contributed by atoms with E-state index in [0.29, 0.717) is 6.61 Å². The molecule has 0 fully saturated rings. The summed E-state index contributed by atoms with van der Waals surface area (Å²) in [7, 11) is 0. The molecule has 0 saturated heterocycles. The third-order valence-electron chi connectivity index (χ3n) is 4.10. The molecule has 0 unspecified atom stereocenters. The highest BCUT2D eigenvalue weighted by atomic mass is 79.9. The zero-order valence-corrected chi connectivity index (χ0v) is 16.6. The Hall–Kier alpha value is -2.31. The number of nitrogens with one attached hydrogen (secondary N) is 1. The van der Waals surface area contributed by atoms with Crippen molar-refractivity contribution in [3.8, 4) is 5.75 Å². The van der Waals surface area contributed by atoms with Crippen LogP contribution in [0.3, 0.4) is 0 Å². The fraction of sp³-hybridized carbons (Fsp3) is 0.0952. The monoisotopic (exact) mass is 442 g/mol. The standard InChI is InChI=1S/C21H16BrFN2OS/c22-18-12-16(21-25-24-20(27-21)15-4-2-1-3-5-15)8-11-19(18)26-13-14-6-9-17(23)10-7-14/h1-12,21,25H,13H2/t21-/m1/s1. The highest BCUT2D eigenvalue weighted by Crippen LogP contribution is 2.37. The maximum atomic E-state index is 13.0. The molecule has 27 heavy (non-hydrogen) atoms. The number of hydrazone groups is 1. The molecule has 1 heterocycles. The Kier molecular flexibility index (Phi) is 5.45. The molecule has 0 saturated carbocycles. The van der Waals surface area contributed by atoms with E-state index in [1.807, 2.05) is 36.4 Å².